The Bertz CT molecular complexity index is 865. The summed E-state index contributed by atoms with van der Waals surface area (Å²) in [6.45, 7) is 4.03. The van der Waals surface area contributed by atoms with Gasteiger partial charge in [-0.25, -0.2) is 0 Å². The maximum Gasteiger partial charge on any atom is 0.0933 e. The lowest BCUT2D eigenvalue weighted by molar-refractivity contribution is 0.145. The molecular formula is C22H25N3O. The normalized spacial score (nSPS) is 16.6. The van der Waals surface area contributed by atoms with Crippen molar-refractivity contribution >= 4 is 22.3 Å². The summed E-state index contributed by atoms with van der Waals surface area (Å²) in [5.74, 6) is 0. The molecule has 1 aliphatic heterocycles. The first-order chi connectivity index (χ1) is 12.7. The van der Waals surface area contributed by atoms with Gasteiger partial charge in [0.25, 0.3) is 0 Å². The van der Waals surface area contributed by atoms with Gasteiger partial charge in [-0.3, -0.25) is 4.98 Å². The van der Waals surface area contributed by atoms with E-state index in [4.69, 9.17) is 0 Å². The highest BCUT2D eigenvalue weighted by molar-refractivity contribution is 5.90. The molecule has 4 nitrogen and oxygen atoms in total. The molecule has 1 fully saturated rings. The molecule has 2 heterocycles. The lowest BCUT2D eigenvalue weighted by atomic mass is 10.0. The van der Waals surface area contributed by atoms with Crippen LogP contribution in [0.5, 0.6) is 0 Å². The summed E-state index contributed by atoms with van der Waals surface area (Å²) in [5.41, 5.74) is 4.55. The standard InChI is InChI=1S/C22H25N3O/c1-16(24-21-6-2-4-18-5-3-13-23-22(18)21)17-7-9-19(10-8-17)25-14-11-20(26)12-15-25/h2-10,13,16,20,24,26H,11-12,14-15H2,1H3. The van der Waals surface area contributed by atoms with Gasteiger partial charge in [0.15, 0.2) is 0 Å². The molecule has 134 valence electrons. The van der Waals surface area contributed by atoms with E-state index in [1.54, 1.807) is 0 Å². The highest BCUT2D eigenvalue weighted by atomic mass is 16.3. The van der Waals surface area contributed by atoms with Crippen molar-refractivity contribution in [3.63, 3.8) is 0 Å². The van der Waals surface area contributed by atoms with Gasteiger partial charge in [-0.2, -0.15) is 0 Å². The molecule has 0 amide bonds. The van der Waals surface area contributed by atoms with Crippen molar-refractivity contribution in [3.8, 4) is 0 Å². The fourth-order valence-corrected chi connectivity index (χ4v) is 3.64. The van der Waals surface area contributed by atoms with Gasteiger partial charge >= 0.3 is 0 Å². The second-order valence-electron chi connectivity index (χ2n) is 7.06. The van der Waals surface area contributed by atoms with E-state index in [-0.39, 0.29) is 12.1 Å². The Labute approximate surface area is 154 Å². The van der Waals surface area contributed by atoms with Crippen LogP contribution in [-0.2, 0) is 0 Å². The Hall–Kier alpha value is -2.59. The first-order valence-corrected chi connectivity index (χ1v) is 9.34. The molecule has 0 bridgehead atoms. The van der Waals surface area contributed by atoms with Gasteiger partial charge in [0.1, 0.15) is 0 Å². The van der Waals surface area contributed by atoms with Crippen molar-refractivity contribution < 1.29 is 5.11 Å². The Balaban J connectivity index is 1.49. The lowest BCUT2D eigenvalue weighted by Gasteiger charge is -2.31. The number of hydrogen-bond donors (Lipinski definition) is 2. The number of anilines is 2. The number of hydrogen-bond acceptors (Lipinski definition) is 4. The fourth-order valence-electron chi connectivity index (χ4n) is 3.64. The molecule has 4 heteroatoms. The van der Waals surface area contributed by atoms with Gasteiger partial charge < -0.3 is 15.3 Å². The number of pyridine rings is 1. The third-order valence-corrected chi connectivity index (χ3v) is 5.23. The zero-order chi connectivity index (χ0) is 17.9. The van der Waals surface area contributed by atoms with E-state index in [0.29, 0.717) is 0 Å². The van der Waals surface area contributed by atoms with E-state index in [2.05, 4.69) is 70.7 Å². The van der Waals surface area contributed by atoms with Crippen LogP contribution in [0, 0.1) is 0 Å². The molecular weight excluding hydrogens is 322 g/mol. The van der Waals surface area contributed by atoms with Gasteiger partial charge in [0.2, 0.25) is 0 Å². The summed E-state index contributed by atoms with van der Waals surface area (Å²) >= 11 is 0. The zero-order valence-electron chi connectivity index (χ0n) is 15.1. The van der Waals surface area contributed by atoms with E-state index in [1.807, 2.05) is 12.3 Å². The summed E-state index contributed by atoms with van der Waals surface area (Å²) in [6, 6.07) is 19.2. The Morgan fingerprint density at radius 1 is 1.04 bits per heavy atom. The van der Waals surface area contributed by atoms with E-state index in [9.17, 15) is 5.11 Å². The number of piperidine rings is 1. The van der Waals surface area contributed by atoms with Crippen LogP contribution < -0.4 is 10.2 Å². The summed E-state index contributed by atoms with van der Waals surface area (Å²) in [6.07, 6.45) is 3.41. The minimum atomic E-state index is -0.135. The number of rotatable bonds is 4. The SMILES string of the molecule is CC(Nc1cccc2cccnc12)c1ccc(N2CCC(O)CC2)cc1. The lowest BCUT2D eigenvalue weighted by Crippen LogP contribution is -2.35. The molecule has 26 heavy (non-hydrogen) atoms. The van der Waals surface area contributed by atoms with Crippen molar-refractivity contribution in [2.24, 2.45) is 0 Å². The Morgan fingerprint density at radius 3 is 2.54 bits per heavy atom. The van der Waals surface area contributed by atoms with Crippen molar-refractivity contribution in [1.29, 1.82) is 0 Å². The molecule has 1 atom stereocenters. The molecule has 4 rings (SSSR count). The van der Waals surface area contributed by atoms with Gasteiger partial charge in [-0.1, -0.05) is 30.3 Å². The van der Waals surface area contributed by atoms with Crippen LogP contribution in [0.2, 0.25) is 0 Å². The van der Waals surface area contributed by atoms with Crippen LogP contribution in [0.3, 0.4) is 0 Å². The maximum absolute atomic E-state index is 9.67. The van der Waals surface area contributed by atoms with Gasteiger partial charge in [-0.15, -0.1) is 0 Å². The minimum absolute atomic E-state index is 0.135. The third-order valence-electron chi connectivity index (χ3n) is 5.23. The topological polar surface area (TPSA) is 48.4 Å². The number of aliphatic hydroxyl groups excluding tert-OH is 1. The van der Waals surface area contributed by atoms with E-state index in [0.717, 1.165) is 42.5 Å². The number of aliphatic hydroxyl groups is 1. The molecule has 0 spiro atoms. The third kappa shape index (κ3) is 3.51. The summed E-state index contributed by atoms with van der Waals surface area (Å²) in [7, 11) is 0. The van der Waals surface area contributed by atoms with Crippen molar-refractivity contribution in [1.82, 2.24) is 4.98 Å². The van der Waals surface area contributed by atoms with Crippen LogP contribution in [0.25, 0.3) is 10.9 Å². The first kappa shape index (κ1) is 16.9. The second-order valence-corrected chi connectivity index (χ2v) is 7.06. The number of nitrogens with zero attached hydrogens (tertiary/aromatic N) is 2. The van der Waals surface area contributed by atoms with Crippen LogP contribution in [0.1, 0.15) is 31.4 Å². The van der Waals surface area contributed by atoms with Gasteiger partial charge in [-0.05, 0) is 49.6 Å². The Morgan fingerprint density at radius 2 is 1.77 bits per heavy atom. The zero-order valence-corrected chi connectivity index (χ0v) is 15.1. The molecule has 0 radical (unpaired) electrons. The number of nitrogens with one attached hydrogen (secondary N) is 1. The molecule has 0 aliphatic carbocycles. The van der Waals surface area contributed by atoms with E-state index in [1.165, 1.54) is 11.3 Å². The van der Waals surface area contributed by atoms with Crippen molar-refractivity contribution in [2.45, 2.75) is 31.9 Å². The quantitative estimate of drug-likeness (QED) is 0.736. The van der Waals surface area contributed by atoms with Crippen LogP contribution >= 0.6 is 0 Å². The summed E-state index contributed by atoms with van der Waals surface area (Å²) in [4.78, 5) is 6.87. The van der Waals surface area contributed by atoms with Gasteiger partial charge in [0, 0.05) is 36.4 Å². The summed E-state index contributed by atoms with van der Waals surface area (Å²) < 4.78 is 0. The minimum Gasteiger partial charge on any atom is -0.393 e. The molecule has 2 N–H and O–H groups in total. The highest BCUT2D eigenvalue weighted by Crippen LogP contribution is 2.27. The predicted molar refractivity (Wildman–Crippen MR) is 108 cm³/mol. The van der Waals surface area contributed by atoms with Crippen LogP contribution in [0.4, 0.5) is 11.4 Å². The highest BCUT2D eigenvalue weighted by Gasteiger charge is 2.17. The maximum atomic E-state index is 9.67. The van der Waals surface area contributed by atoms with Gasteiger partial charge in [0.05, 0.1) is 17.3 Å². The molecule has 0 saturated carbocycles. The average molecular weight is 347 g/mol. The largest absolute Gasteiger partial charge is 0.393 e. The number of fused-ring (bicyclic) bond motifs is 1. The van der Waals surface area contributed by atoms with Crippen molar-refractivity contribution in [2.75, 3.05) is 23.3 Å². The van der Waals surface area contributed by atoms with Crippen LogP contribution in [0.15, 0.2) is 60.8 Å². The fraction of sp³-hybridized carbons (Fsp3) is 0.318. The smallest absolute Gasteiger partial charge is 0.0933 e. The molecule has 2 aromatic carbocycles. The molecule has 3 aromatic rings. The number of benzene rings is 2. The van der Waals surface area contributed by atoms with E-state index >= 15 is 0 Å². The molecule has 1 aromatic heterocycles. The predicted octanol–water partition coefficient (Wildman–Crippen LogP) is 4.37. The van der Waals surface area contributed by atoms with E-state index < -0.39 is 0 Å². The monoisotopic (exact) mass is 347 g/mol. The average Bonchev–Trinajstić information content (AvgIpc) is 2.69. The Kier molecular flexibility index (Phi) is 4.76. The summed E-state index contributed by atoms with van der Waals surface area (Å²) in [5, 5.41) is 14.4. The number of para-hydroxylation sites is 1. The molecule has 1 saturated heterocycles. The molecule has 1 unspecified atom stereocenters. The number of aromatic nitrogens is 1. The second kappa shape index (κ2) is 7.34. The molecule has 1 aliphatic rings. The van der Waals surface area contributed by atoms with Crippen molar-refractivity contribution in [3.05, 3.63) is 66.4 Å². The van der Waals surface area contributed by atoms with Crippen LogP contribution in [-0.4, -0.2) is 29.3 Å². The first-order valence-electron chi connectivity index (χ1n) is 9.34.